The highest BCUT2D eigenvalue weighted by molar-refractivity contribution is 5.66. The van der Waals surface area contributed by atoms with Gasteiger partial charge in [0.2, 0.25) is 0 Å². The van der Waals surface area contributed by atoms with Crippen LogP contribution in [-0.2, 0) is 11.8 Å². The molecule has 0 saturated carbocycles. The molecule has 1 fully saturated rings. The fourth-order valence-corrected chi connectivity index (χ4v) is 5.44. The summed E-state index contributed by atoms with van der Waals surface area (Å²) in [5.41, 5.74) is 7.34. The van der Waals surface area contributed by atoms with Gasteiger partial charge in [0.1, 0.15) is 11.9 Å². The minimum absolute atomic E-state index is 0.0934. The second-order valence-electron chi connectivity index (χ2n) is 7.50. The number of rotatable bonds is 2. The molecule has 23 heavy (non-hydrogen) atoms. The van der Waals surface area contributed by atoms with Gasteiger partial charge in [-0.15, -0.1) is 6.58 Å². The van der Waals surface area contributed by atoms with Crippen LogP contribution in [0.25, 0.3) is 0 Å². The summed E-state index contributed by atoms with van der Waals surface area (Å²) in [6.45, 7) is 10.5. The van der Waals surface area contributed by atoms with E-state index < -0.39 is 0 Å². The van der Waals surface area contributed by atoms with Crippen LogP contribution in [0, 0.1) is 6.92 Å². The first-order valence-electron chi connectivity index (χ1n) is 8.70. The molecule has 1 aromatic carbocycles. The molecular weight excluding hydrogens is 282 g/mol. The van der Waals surface area contributed by atoms with Gasteiger partial charge in [-0.3, -0.25) is 4.90 Å². The molecule has 2 bridgehead atoms. The molecule has 0 unspecified atom stereocenters. The number of hydrogen-bond acceptors (Lipinski definition) is 2. The third kappa shape index (κ3) is 1.48. The first-order valence-corrected chi connectivity index (χ1v) is 8.70. The van der Waals surface area contributed by atoms with E-state index in [-0.39, 0.29) is 11.5 Å². The van der Waals surface area contributed by atoms with Crippen LogP contribution < -0.4 is 4.74 Å². The summed E-state index contributed by atoms with van der Waals surface area (Å²) in [5.74, 6) is 1.17. The molecule has 4 aliphatic rings. The molecule has 0 amide bonds. The van der Waals surface area contributed by atoms with Crippen molar-refractivity contribution in [3.8, 4) is 5.75 Å². The van der Waals surface area contributed by atoms with Crippen molar-refractivity contribution in [2.24, 2.45) is 0 Å². The zero-order valence-electron chi connectivity index (χ0n) is 13.9. The maximum atomic E-state index is 6.57. The van der Waals surface area contributed by atoms with E-state index >= 15 is 0 Å². The van der Waals surface area contributed by atoms with Gasteiger partial charge in [-0.05, 0) is 49.0 Å². The van der Waals surface area contributed by atoms with Crippen molar-refractivity contribution >= 4 is 0 Å². The van der Waals surface area contributed by atoms with Crippen molar-refractivity contribution in [2.45, 2.75) is 44.2 Å². The van der Waals surface area contributed by atoms with E-state index in [4.69, 9.17) is 4.74 Å². The number of benzene rings is 1. The van der Waals surface area contributed by atoms with Gasteiger partial charge in [0, 0.05) is 24.7 Å². The third-order valence-corrected chi connectivity index (χ3v) is 6.39. The number of aryl methyl sites for hydroxylation is 1. The topological polar surface area (TPSA) is 12.5 Å². The Morgan fingerprint density at radius 3 is 3.04 bits per heavy atom. The van der Waals surface area contributed by atoms with E-state index in [1.165, 1.54) is 28.0 Å². The maximum absolute atomic E-state index is 6.57. The zero-order valence-corrected chi connectivity index (χ0v) is 13.9. The van der Waals surface area contributed by atoms with Crippen LogP contribution in [0.15, 0.2) is 48.1 Å². The molecule has 3 atom stereocenters. The molecule has 2 aliphatic carbocycles. The molecule has 2 heterocycles. The van der Waals surface area contributed by atoms with E-state index in [0.717, 1.165) is 25.9 Å². The Hall–Kier alpha value is -1.80. The van der Waals surface area contributed by atoms with Crippen LogP contribution in [0.3, 0.4) is 0 Å². The molecule has 0 N–H and O–H groups in total. The molecule has 2 nitrogen and oxygen atoms in total. The molecule has 1 saturated heterocycles. The molecule has 2 aliphatic heterocycles. The number of nitrogens with zero attached hydrogens (tertiary/aromatic N) is 1. The van der Waals surface area contributed by atoms with Gasteiger partial charge < -0.3 is 4.74 Å². The van der Waals surface area contributed by atoms with E-state index in [1.54, 1.807) is 5.57 Å². The summed E-state index contributed by atoms with van der Waals surface area (Å²) < 4.78 is 6.57. The standard InChI is InChI=1S/C21H23NO/c1-4-10-22-11-9-21-16-8-6-14(3)20(21)23-19-13(2)5-7-15(18(19)21)12-17(16)22/h4-8,17,20H,1,9-12H2,2-3H3/t17-,20+,21+/m0/s1. The van der Waals surface area contributed by atoms with Crippen molar-refractivity contribution in [1.29, 1.82) is 0 Å². The van der Waals surface area contributed by atoms with Crippen LogP contribution in [0.5, 0.6) is 5.75 Å². The fraction of sp³-hybridized carbons (Fsp3) is 0.429. The van der Waals surface area contributed by atoms with E-state index in [9.17, 15) is 0 Å². The van der Waals surface area contributed by atoms with Crippen LogP contribution in [0.2, 0.25) is 0 Å². The number of hydrogen-bond donors (Lipinski definition) is 0. The largest absolute Gasteiger partial charge is 0.484 e. The summed E-state index contributed by atoms with van der Waals surface area (Å²) in [5, 5.41) is 0. The Bertz CT molecular complexity index is 787. The molecule has 0 aromatic heterocycles. The van der Waals surface area contributed by atoms with E-state index in [1.807, 2.05) is 6.08 Å². The smallest absolute Gasteiger partial charge is 0.133 e. The molecule has 1 spiro atoms. The Kier molecular flexibility index (Phi) is 2.60. The molecular formula is C21H23NO. The lowest BCUT2D eigenvalue weighted by molar-refractivity contribution is 0.103. The quantitative estimate of drug-likeness (QED) is 0.773. The van der Waals surface area contributed by atoms with Gasteiger partial charge >= 0.3 is 0 Å². The molecule has 118 valence electrons. The fourth-order valence-electron chi connectivity index (χ4n) is 5.44. The van der Waals surface area contributed by atoms with Crippen molar-refractivity contribution in [3.63, 3.8) is 0 Å². The number of ether oxygens (including phenoxy) is 1. The van der Waals surface area contributed by atoms with Crippen LogP contribution in [0.1, 0.15) is 30.0 Å². The summed E-state index contributed by atoms with van der Waals surface area (Å²) in [6, 6.07) is 5.08. The predicted molar refractivity (Wildman–Crippen MR) is 93.0 cm³/mol. The van der Waals surface area contributed by atoms with Crippen molar-refractivity contribution in [1.82, 2.24) is 4.90 Å². The Morgan fingerprint density at radius 1 is 1.35 bits per heavy atom. The van der Waals surface area contributed by atoms with Crippen molar-refractivity contribution in [2.75, 3.05) is 13.1 Å². The predicted octanol–water partition coefficient (Wildman–Crippen LogP) is 3.70. The Labute approximate surface area is 138 Å². The summed E-state index contributed by atoms with van der Waals surface area (Å²) in [6.07, 6.45) is 9.19. The van der Waals surface area contributed by atoms with E-state index in [2.05, 4.69) is 49.6 Å². The van der Waals surface area contributed by atoms with Gasteiger partial charge in [0.25, 0.3) is 0 Å². The summed E-state index contributed by atoms with van der Waals surface area (Å²) in [4.78, 5) is 2.59. The lowest BCUT2D eigenvalue weighted by atomic mass is 9.56. The molecule has 0 radical (unpaired) electrons. The highest BCUT2D eigenvalue weighted by Gasteiger charge is 2.60. The summed E-state index contributed by atoms with van der Waals surface area (Å²) >= 11 is 0. The lowest BCUT2D eigenvalue weighted by Crippen LogP contribution is -2.59. The van der Waals surface area contributed by atoms with Crippen LogP contribution in [0.4, 0.5) is 0 Å². The van der Waals surface area contributed by atoms with Gasteiger partial charge in [-0.1, -0.05) is 30.4 Å². The van der Waals surface area contributed by atoms with Crippen molar-refractivity contribution in [3.05, 3.63) is 64.8 Å². The first-order chi connectivity index (χ1) is 11.2. The first kappa shape index (κ1) is 13.6. The van der Waals surface area contributed by atoms with Gasteiger partial charge in [-0.2, -0.15) is 0 Å². The number of piperidine rings is 1. The molecule has 1 aromatic rings. The second-order valence-corrected chi connectivity index (χ2v) is 7.50. The normalized spacial score (nSPS) is 33.5. The average molecular weight is 305 g/mol. The molecule has 2 heteroatoms. The van der Waals surface area contributed by atoms with Gasteiger partial charge in [0.15, 0.2) is 0 Å². The van der Waals surface area contributed by atoms with Crippen LogP contribution in [-0.4, -0.2) is 30.1 Å². The maximum Gasteiger partial charge on any atom is 0.133 e. The molecule has 5 rings (SSSR count). The minimum Gasteiger partial charge on any atom is -0.484 e. The monoisotopic (exact) mass is 305 g/mol. The zero-order chi connectivity index (χ0) is 15.8. The highest BCUT2D eigenvalue weighted by atomic mass is 16.5. The van der Waals surface area contributed by atoms with Crippen molar-refractivity contribution < 1.29 is 4.74 Å². The van der Waals surface area contributed by atoms with Gasteiger partial charge in [-0.25, -0.2) is 0 Å². The number of allylic oxidation sites excluding steroid dienone is 2. The Morgan fingerprint density at radius 2 is 2.22 bits per heavy atom. The van der Waals surface area contributed by atoms with Crippen LogP contribution >= 0.6 is 0 Å². The lowest BCUT2D eigenvalue weighted by Gasteiger charge is -2.53. The average Bonchev–Trinajstić information content (AvgIpc) is 2.89. The van der Waals surface area contributed by atoms with E-state index in [0.29, 0.717) is 6.04 Å². The SMILES string of the molecule is C=CCN1CC[C@]23C4=CC=C(C)[C@H]2Oc2c(C)ccc(c23)C[C@@H]41. The van der Waals surface area contributed by atoms with Gasteiger partial charge in [0.05, 0.1) is 5.41 Å². The third-order valence-electron chi connectivity index (χ3n) is 6.39. The number of likely N-dealkylation sites (tertiary alicyclic amines) is 1. The second kappa shape index (κ2) is 4.39. The summed E-state index contributed by atoms with van der Waals surface area (Å²) in [7, 11) is 0. The highest BCUT2D eigenvalue weighted by Crippen LogP contribution is 2.61. The minimum atomic E-state index is 0.0934. The Balaban J connectivity index is 1.80.